The zero-order valence-corrected chi connectivity index (χ0v) is 27.6. The first kappa shape index (κ1) is 36.7. The van der Waals surface area contributed by atoms with E-state index in [1.807, 2.05) is 27.7 Å². The van der Waals surface area contributed by atoms with Gasteiger partial charge in [0.25, 0.3) is 0 Å². The number of nitrogens with one attached hydrogen (secondary N) is 2. The molecule has 0 unspecified atom stereocenters. The number of rotatable bonds is 14. The maximum atomic E-state index is 13.4. The second kappa shape index (κ2) is 16.0. The minimum absolute atomic E-state index is 0.0768. The Morgan fingerprint density at radius 2 is 1.70 bits per heavy atom. The lowest BCUT2D eigenvalue weighted by molar-refractivity contribution is -0.128. The maximum absolute atomic E-state index is 13.4. The molecule has 0 aromatic heterocycles. The molecule has 2 rings (SSSR count). The number of aliphatic hydroxyl groups is 2. The van der Waals surface area contributed by atoms with Gasteiger partial charge in [-0.15, -0.1) is 0 Å². The molecule has 244 valence electrons. The third-order valence-electron chi connectivity index (χ3n) is 7.43. The molecule has 4 N–H and O–H groups in total. The summed E-state index contributed by atoms with van der Waals surface area (Å²) < 4.78 is 5.35. The molecule has 0 fully saturated rings. The zero-order valence-electron chi connectivity index (χ0n) is 27.6. The second-order valence-corrected chi connectivity index (χ2v) is 13.8. The fourth-order valence-electron chi connectivity index (χ4n) is 5.21. The average Bonchev–Trinajstić information content (AvgIpc) is 2.88. The van der Waals surface area contributed by atoms with Crippen LogP contribution in [0, 0.1) is 17.3 Å². The number of allylic oxidation sites excluding steroid dienone is 2. The highest BCUT2D eigenvalue weighted by Crippen LogP contribution is 2.36. The van der Waals surface area contributed by atoms with Crippen molar-refractivity contribution in [3.63, 3.8) is 0 Å². The van der Waals surface area contributed by atoms with Gasteiger partial charge in [0.2, 0.25) is 5.91 Å². The molecule has 2 atom stereocenters. The van der Waals surface area contributed by atoms with Crippen LogP contribution in [0.4, 0.5) is 10.5 Å². The summed E-state index contributed by atoms with van der Waals surface area (Å²) in [7, 11) is 0. The van der Waals surface area contributed by atoms with Crippen LogP contribution >= 0.6 is 0 Å². The van der Waals surface area contributed by atoms with Crippen LogP contribution in [0.1, 0.15) is 99.5 Å². The van der Waals surface area contributed by atoms with Crippen molar-refractivity contribution >= 4 is 35.0 Å². The van der Waals surface area contributed by atoms with Crippen molar-refractivity contribution in [2.45, 2.75) is 112 Å². The van der Waals surface area contributed by atoms with Crippen LogP contribution in [0.3, 0.4) is 0 Å². The van der Waals surface area contributed by atoms with Crippen LogP contribution in [0.15, 0.2) is 40.6 Å². The van der Waals surface area contributed by atoms with Crippen molar-refractivity contribution in [3.8, 4) is 0 Å². The van der Waals surface area contributed by atoms with Crippen LogP contribution in [-0.2, 0) is 25.7 Å². The number of unbranched alkanes of at least 4 members (excludes halogenated alkanes) is 1. The highest BCUT2D eigenvalue weighted by atomic mass is 16.6. The van der Waals surface area contributed by atoms with E-state index in [9.17, 15) is 29.4 Å². The first-order valence-electron chi connectivity index (χ1n) is 15.4. The standard InChI is InChI=1S/C34H51N3O7/c1-21(2)30(37-32(43)44-33(4,5)6)26(39)17-24(31(42)36-25-14-12-23(20-38)13-15-25)11-9-10-16-35-22(3)29-27(40)18-34(7,8)19-28(29)41/h12-15,21,24,30,38,40H,9-11,16-20H2,1-8H3,(H,36,42)(H,37,43)/t24-,30+/m1/s1. The number of hydrogen-bond donors (Lipinski definition) is 4. The van der Waals surface area contributed by atoms with E-state index in [0.717, 1.165) is 0 Å². The fourth-order valence-corrected chi connectivity index (χ4v) is 5.21. The molecule has 10 nitrogen and oxygen atoms in total. The SMILES string of the molecule is CC(=NCCCC[C@H](CC(=O)[C@@H](NC(=O)OC(C)(C)C)C(C)C)C(=O)Nc1ccc(CO)cc1)C1=C(O)CC(C)(C)CC1=O. The summed E-state index contributed by atoms with van der Waals surface area (Å²) in [5, 5.41) is 25.3. The Bertz CT molecular complexity index is 1240. The van der Waals surface area contributed by atoms with Gasteiger partial charge in [0, 0.05) is 43.1 Å². The minimum Gasteiger partial charge on any atom is -0.511 e. The van der Waals surface area contributed by atoms with Gasteiger partial charge < -0.3 is 25.6 Å². The smallest absolute Gasteiger partial charge is 0.408 e. The summed E-state index contributed by atoms with van der Waals surface area (Å²) in [6.45, 7) is 14.8. The van der Waals surface area contributed by atoms with E-state index in [4.69, 9.17) is 4.74 Å². The lowest BCUT2D eigenvalue weighted by atomic mass is 9.76. The number of benzene rings is 1. The lowest BCUT2D eigenvalue weighted by Crippen LogP contribution is -2.47. The molecule has 0 saturated heterocycles. The quantitative estimate of drug-likeness (QED) is 0.147. The number of aliphatic imine (C=N–C) groups is 1. The highest BCUT2D eigenvalue weighted by Gasteiger charge is 2.34. The molecule has 0 radical (unpaired) electrons. The molecule has 1 aliphatic carbocycles. The number of ketones is 2. The van der Waals surface area contributed by atoms with Crippen LogP contribution < -0.4 is 10.6 Å². The monoisotopic (exact) mass is 613 g/mol. The minimum atomic E-state index is -0.824. The van der Waals surface area contributed by atoms with E-state index in [-0.39, 0.29) is 47.6 Å². The predicted octanol–water partition coefficient (Wildman–Crippen LogP) is 6.07. The Balaban J connectivity index is 2.12. The summed E-state index contributed by atoms with van der Waals surface area (Å²) in [5.41, 5.74) is 1.06. The number of Topliss-reactive ketones (excluding diaryl/α,β-unsaturated/α-hetero) is 2. The Kier molecular flexibility index (Phi) is 13.3. The number of ether oxygens (including phenoxy) is 1. The van der Waals surface area contributed by atoms with Crippen molar-refractivity contribution in [2.24, 2.45) is 22.2 Å². The predicted molar refractivity (Wildman–Crippen MR) is 172 cm³/mol. The van der Waals surface area contributed by atoms with E-state index in [1.165, 1.54) is 0 Å². The number of anilines is 1. The summed E-state index contributed by atoms with van der Waals surface area (Å²) in [6.07, 6.45) is 1.61. The fraction of sp³-hybridized carbons (Fsp3) is 0.618. The van der Waals surface area contributed by atoms with Crippen molar-refractivity contribution < 1.29 is 34.1 Å². The third-order valence-corrected chi connectivity index (χ3v) is 7.43. The van der Waals surface area contributed by atoms with Gasteiger partial charge in [-0.1, -0.05) is 46.2 Å². The Hall–Kier alpha value is -3.53. The third kappa shape index (κ3) is 11.9. The van der Waals surface area contributed by atoms with Crippen molar-refractivity contribution in [1.29, 1.82) is 0 Å². The van der Waals surface area contributed by atoms with Crippen LogP contribution in [0.25, 0.3) is 0 Å². The number of carbonyl (C=O) groups is 4. The first-order valence-corrected chi connectivity index (χ1v) is 15.4. The van der Waals surface area contributed by atoms with Gasteiger partial charge in [-0.2, -0.15) is 0 Å². The van der Waals surface area contributed by atoms with E-state index in [2.05, 4.69) is 15.6 Å². The van der Waals surface area contributed by atoms with E-state index >= 15 is 0 Å². The van der Waals surface area contributed by atoms with Crippen LogP contribution in [0.2, 0.25) is 0 Å². The Morgan fingerprint density at radius 1 is 1.07 bits per heavy atom. The molecule has 1 aromatic carbocycles. The van der Waals surface area contributed by atoms with E-state index in [1.54, 1.807) is 52.0 Å². The van der Waals surface area contributed by atoms with E-state index in [0.29, 0.717) is 61.2 Å². The largest absolute Gasteiger partial charge is 0.511 e. The molecular formula is C34H51N3O7. The number of carbonyl (C=O) groups excluding carboxylic acids is 4. The number of hydrogen-bond acceptors (Lipinski definition) is 8. The molecule has 1 aliphatic rings. The molecule has 0 saturated carbocycles. The highest BCUT2D eigenvalue weighted by molar-refractivity contribution is 6.22. The molecular weight excluding hydrogens is 562 g/mol. The maximum Gasteiger partial charge on any atom is 0.408 e. The number of amides is 2. The Labute approximate surface area is 261 Å². The zero-order chi connectivity index (χ0) is 33.2. The summed E-state index contributed by atoms with van der Waals surface area (Å²) in [6, 6.07) is 5.98. The van der Waals surface area contributed by atoms with Gasteiger partial charge in [-0.05, 0) is 69.6 Å². The van der Waals surface area contributed by atoms with Crippen molar-refractivity contribution in [2.75, 3.05) is 11.9 Å². The van der Waals surface area contributed by atoms with Gasteiger partial charge in [-0.25, -0.2) is 4.79 Å². The first-order chi connectivity index (χ1) is 20.4. The van der Waals surface area contributed by atoms with Crippen LogP contribution in [0.5, 0.6) is 0 Å². The molecule has 0 aliphatic heterocycles. The average molecular weight is 614 g/mol. The number of alkyl carbamates (subject to hydrolysis) is 1. The molecule has 10 heteroatoms. The van der Waals surface area contributed by atoms with Crippen molar-refractivity contribution in [3.05, 3.63) is 41.2 Å². The van der Waals surface area contributed by atoms with Crippen LogP contribution in [-0.4, -0.2) is 57.7 Å². The molecule has 0 bridgehead atoms. The topological polar surface area (TPSA) is 154 Å². The number of aliphatic hydroxyl groups excluding tert-OH is 2. The van der Waals surface area contributed by atoms with Crippen molar-refractivity contribution in [1.82, 2.24) is 5.32 Å². The molecule has 44 heavy (non-hydrogen) atoms. The summed E-state index contributed by atoms with van der Waals surface area (Å²) >= 11 is 0. The number of nitrogens with zero attached hydrogens (tertiary/aromatic N) is 1. The summed E-state index contributed by atoms with van der Waals surface area (Å²) in [5.74, 6) is -1.50. The summed E-state index contributed by atoms with van der Waals surface area (Å²) in [4.78, 5) is 56.4. The van der Waals surface area contributed by atoms with Gasteiger partial charge in [0.1, 0.15) is 11.4 Å². The Morgan fingerprint density at radius 3 is 2.25 bits per heavy atom. The molecule has 0 spiro atoms. The normalized spacial score (nSPS) is 16.9. The lowest BCUT2D eigenvalue weighted by Gasteiger charge is -2.29. The molecule has 2 amide bonds. The molecule has 0 heterocycles. The van der Waals surface area contributed by atoms with Gasteiger partial charge in [-0.3, -0.25) is 19.4 Å². The molecule has 1 aromatic rings. The van der Waals surface area contributed by atoms with E-state index < -0.39 is 23.7 Å². The van der Waals surface area contributed by atoms with Gasteiger partial charge in [0.05, 0.1) is 18.2 Å². The van der Waals surface area contributed by atoms with Gasteiger partial charge in [0.15, 0.2) is 11.6 Å². The van der Waals surface area contributed by atoms with Gasteiger partial charge >= 0.3 is 6.09 Å². The second-order valence-electron chi connectivity index (χ2n) is 13.8.